The normalized spacial score (nSPS) is 14.6. The van der Waals surface area contributed by atoms with Gasteiger partial charge < -0.3 is 5.11 Å². The number of para-hydroxylation sites is 1. The van der Waals surface area contributed by atoms with E-state index in [-0.39, 0.29) is 12.0 Å². The second-order valence-electron chi connectivity index (χ2n) is 5.44. The average molecular weight is 258 g/mol. The van der Waals surface area contributed by atoms with Gasteiger partial charge in [-0.05, 0) is 43.4 Å². The van der Waals surface area contributed by atoms with E-state index in [1.165, 1.54) is 0 Å². The summed E-state index contributed by atoms with van der Waals surface area (Å²) in [6, 6.07) is 12.1. The highest BCUT2D eigenvalue weighted by atomic mass is 16.3. The van der Waals surface area contributed by atoms with E-state index in [0.29, 0.717) is 5.92 Å². The molecule has 2 aromatic rings. The molecule has 0 bridgehead atoms. The van der Waals surface area contributed by atoms with Crippen LogP contribution in [0.2, 0.25) is 0 Å². The first kappa shape index (κ1) is 13.8. The summed E-state index contributed by atoms with van der Waals surface area (Å²) in [4.78, 5) is 0. The minimum absolute atomic E-state index is 0.249. The molecule has 3 nitrogen and oxygen atoms in total. The highest BCUT2D eigenvalue weighted by Gasteiger charge is 2.20. The molecule has 0 spiro atoms. The molecule has 0 saturated heterocycles. The highest BCUT2D eigenvalue weighted by molar-refractivity contribution is 5.30. The van der Waals surface area contributed by atoms with Crippen LogP contribution in [0.5, 0.6) is 0 Å². The maximum absolute atomic E-state index is 9.83. The number of aliphatic hydroxyl groups is 1. The van der Waals surface area contributed by atoms with E-state index >= 15 is 0 Å². The number of nitrogens with zero attached hydrogens (tertiary/aromatic N) is 2. The second kappa shape index (κ2) is 6.02. The summed E-state index contributed by atoms with van der Waals surface area (Å²) >= 11 is 0. The number of hydrogen-bond acceptors (Lipinski definition) is 2. The first-order chi connectivity index (χ1) is 9.08. The van der Waals surface area contributed by atoms with Gasteiger partial charge in [0.05, 0.1) is 17.5 Å². The highest BCUT2D eigenvalue weighted by Crippen LogP contribution is 2.20. The van der Waals surface area contributed by atoms with Crippen molar-refractivity contribution in [2.45, 2.75) is 33.3 Å². The van der Waals surface area contributed by atoms with E-state index in [2.05, 4.69) is 18.9 Å². The fraction of sp³-hybridized carbons (Fsp3) is 0.438. The molecule has 1 aromatic carbocycles. The third kappa shape index (κ3) is 3.44. The van der Waals surface area contributed by atoms with Crippen LogP contribution in [0.1, 0.15) is 26.5 Å². The monoisotopic (exact) mass is 258 g/mol. The third-order valence-corrected chi connectivity index (χ3v) is 3.59. The van der Waals surface area contributed by atoms with Crippen LogP contribution in [-0.4, -0.2) is 21.0 Å². The van der Waals surface area contributed by atoms with Crippen LogP contribution in [0.3, 0.4) is 0 Å². The Balaban J connectivity index is 2.13. The lowest BCUT2D eigenvalue weighted by atomic mass is 9.87. The van der Waals surface area contributed by atoms with Crippen LogP contribution in [-0.2, 0) is 6.42 Å². The van der Waals surface area contributed by atoms with Crippen LogP contribution in [0.4, 0.5) is 0 Å². The number of rotatable bonds is 5. The van der Waals surface area contributed by atoms with Crippen LogP contribution in [0, 0.1) is 11.8 Å². The fourth-order valence-electron chi connectivity index (χ4n) is 2.40. The van der Waals surface area contributed by atoms with E-state index in [4.69, 9.17) is 0 Å². The van der Waals surface area contributed by atoms with Gasteiger partial charge in [-0.25, -0.2) is 4.68 Å². The molecule has 1 heterocycles. The first-order valence-corrected chi connectivity index (χ1v) is 6.86. The van der Waals surface area contributed by atoms with Gasteiger partial charge in [-0.3, -0.25) is 0 Å². The Morgan fingerprint density at radius 2 is 1.79 bits per heavy atom. The number of benzene rings is 1. The Bertz CT molecular complexity index is 494. The molecule has 2 unspecified atom stereocenters. The maximum atomic E-state index is 9.83. The Morgan fingerprint density at radius 1 is 1.11 bits per heavy atom. The molecule has 0 amide bonds. The molecule has 0 aliphatic rings. The van der Waals surface area contributed by atoms with Crippen molar-refractivity contribution < 1.29 is 5.11 Å². The summed E-state index contributed by atoms with van der Waals surface area (Å²) < 4.78 is 1.88. The molecule has 1 aromatic heterocycles. The minimum atomic E-state index is -0.304. The Hall–Kier alpha value is -1.61. The summed E-state index contributed by atoms with van der Waals surface area (Å²) in [5.41, 5.74) is 2.09. The summed E-state index contributed by atoms with van der Waals surface area (Å²) in [5, 5.41) is 14.4. The van der Waals surface area contributed by atoms with Gasteiger partial charge in [0, 0.05) is 6.20 Å². The molecule has 2 rings (SSSR count). The van der Waals surface area contributed by atoms with Crippen molar-refractivity contribution in [3.05, 3.63) is 48.3 Å². The Kier molecular flexibility index (Phi) is 4.38. The summed E-state index contributed by atoms with van der Waals surface area (Å²) in [5.74, 6) is 0.695. The predicted molar refractivity (Wildman–Crippen MR) is 77.3 cm³/mol. The Morgan fingerprint density at radius 3 is 2.37 bits per heavy atom. The zero-order chi connectivity index (χ0) is 13.8. The van der Waals surface area contributed by atoms with Gasteiger partial charge >= 0.3 is 0 Å². The number of aliphatic hydroxyl groups excluding tert-OH is 1. The third-order valence-electron chi connectivity index (χ3n) is 3.59. The van der Waals surface area contributed by atoms with Gasteiger partial charge in [-0.2, -0.15) is 5.10 Å². The van der Waals surface area contributed by atoms with Crippen molar-refractivity contribution in [1.82, 2.24) is 9.78 Å². The lowest BCUT2D eigenvalue weighted by Crippen LogP contribution is -2.24. The van der Waals surface area contributed by atoms with Gasteiger partial charge in [0.1, 0.15) is 0 Å². The summed E-state index contributed by atoms with van der Waals surface area (Å²) in [6.07, 6.45) is 2.49. The summed E-state index contributed by atoms with van der Waals surface area (Å²) in [6.45, 7) is 6.15. The SMILES string of the molecule is CC(C)C(Cc1ccn(-c2ccccc2)n1)C(C)O. The fourth-order valence-corrected chi connectivity index (χ4v) is 2.40. The summed E-state index contributed by atoms with van der Waals surface area (Å²) in [7, 11) is 0. The molecule has 1 N–H and O–H groups in total. The molecule has 0 fully saturated rings. The van der Waals surface area contributed by atoms with Gasteiger partial charge in [0.15, 0.2) is 0 Å². The standard InChI is InChI=1S/C16H22N2O/c1-12(2)16(13(3)19)11-14-9-10-18(17-14)15-7-5-4-6-8-15/h4-10,12-13,16,19H,11H2,1-3H3. The van der Waals surface area contributed by atoms with Crippen LogP contribution < -0.4 is 0 Å². The van der Waals surface area contributed by atoms with Crippen molar-refractivity contribution in [3.8, 4) is 5.69 Å². The smallest absolute Gasteiger partial charge is 0.0645 e. The topological polar surface area (TPSA) is 38.0 Å². The zero-order valence-corrected chi connectivity index (χ0v) is 11.8. The molecule has 0 aliphatic carbocycles. The van der Waals surface area contributed by atoms with Gasteiger partial charge in [-0.1, -0.05) is 32.0 Å². The quantitative estimate of drug-likeness (QED) is 0.895. The average Bonchev–Trinajstić information content (AvgIpc) is 2.85. The van der Waals surface area contributed by atoms with Crippen LogP contribution >= 0.6 is 0 Å². The second-order valence-corrected chi connectivity index (χ2v) is 5.44. The van der Waals surface area contributed by atoms with Crippen molar-refractivity contribution in [2.75, 3.05) is 0 Å². The van der Waals surface area contributed by atoms with Crippen molar-refractivity contribution in [2.24, 2.45) is 11.8 Å². The molecule has 19 heavy (non-hydrogen) atoms. The minimum Gasteiger partial charge on any atom is -0.393 e. The van der Waals surface area contributed by atoms with E-state index in [1.807, 2.05) is 54.2 Å². The zero-order valence-electron chi connectivity index (χ0n) is 11.8. The molecular weight excluding hydrogens is 236 g/mol. The van der Waals surface area contributed by atoms with E-state index < -0.39 is 0 Å². The van der Waals surface area contributed by atoms with Crippen molar-refractivity contribution >= 4 is 0 Å². The number of hydrogen-bond donors (Lipinski definition) is 1. The largest absolute Gasteiger partial charge is 0.393 e. The molecule has 102 valence electrons. The van der Waals surface area contributed by atoms with Gasteiger partial charge in [0.2, 0.25) is 0 Å². The van der Waals surface area contributed by atoms with Crippen LogP contribution in [0.15, 0.2) is 42.6 Å². The molecule has 0 radical (unpaired) electrons. The van der Waals surface area contributed by atoms with E-state index in [9.17, 15) is 5.11 Å². The molecular formula is C16H22N2O. The molecule has 0 aliphatic heterocycles. The van der Waals surface area contributed by atoms with Gasteiger partial charge in [0.25, 0.3) is 0 Å². The van der Waals surface area contributed by atoms with E-state index in [0.717, 1.165) is 17.8 Å². The van der Waals surface area contributed by atoms with Crippen molar-refractivity contribution in [1.29, 1.82) is 0 Å². The molecule has 2 atom stereocenters. The lowest BCUT2D eigenvalue weighted by Gasteiger charge is -2.22. The van der Waals surface area contributed by atoms with E-state index in [1.54, 1.807) is 0 Å². The first-order valence-electron chi connectivity index (χ1n) is 6.86. The van der Waals surface area contributed by atoms with Gasteiger partial charge in [-0.15, -0.1) is 0 Å². The molecule has 3 heteroatoms. The Labute approximate surface area is 114 Å². The molecule has 0 saturated carbocycles. The maximum Gasteiger partial charge on any atom is 0.0645 e. The predicted octanol–water partition coefficient (Wildman–Crippen LogP) is 3.07. The van der Waals surface area contributed by atoms with Crippen molar-refractivity contribution in [3.63, 3.8) is 0 Å². The number of aromatic nitrogens is 2. The van der Waals surface area contributed by atoms with Crippen LogP contribution in [0.25, 0.3) is 5.69 Å². The lowest BCUT2D eigenvalue weighted by molar-refractivity contribution is 0.0970.